The Morgan fingerprint density at radius 2 is 2.17 bits per heavy atom. The van der Waals surface area contributed by atoms with E-state index in [0.29, 0.717) is 18.9 Å². The average Bonchev–Trinajstić information content (AvgIpc) is 2.37. The summed E-state index contributed by atoms with van der Waals surface area (Å²) in [5, 5.41) is 2.98. The van der Waals surface area contributed by atoms with E-state index in [9.17, 15) is 4.39 Å². The average molecular weight is 246 g/mol. The number of nitrogens with zero attached hydrogens (tertiary/aromatic N) is 1. The number of rotatable bonds is 5. The Hall–Kier alpha value is -1.94. The number of hydrogen-bond donors (Lipinski definition) is 1. The summed E-state index contributed by atoms with van der Waals surface area (Å²) in [7, 11) is 1.82. The van der Waals surface area contributed by atoms with Gasteiger partial charge in [-0.25, -0.2) is 4.39 Å². The molecule has 0 bridgehead atoms. The highest BCUT2D eigenvalue weighted by atomic mass is 19.1. The van der Waals surface area contributed by atoms with Crippen LogP contribution in [0.3, 0.4) is 0 Å². The Labute approximate surface area is 106 Å². The van der Waals surface area contributed by atoms with E-state index in [4.69, 9.17) is 4.74 Å². The van der Waals surface area contributed by atoms with Crippen molar-refractivity contribution in [1.82, 2.24) is 10.3 Å². The van der Waals surface area contributed by atoms with Crippen molar-refractivity contribution in [3.8, 4) is 5.75 Å². The molecule has 0 saturated carbocycles. The van der Waals surface area contributed by atoms with Crippen LogP contribution in [0, 0.1) is 5.82 Å². The first-order valence-corrected chi connectivity index (χ1v) is 5.73. The second kappa shape index (κ2) is 6.12. The van der Waals surface area contributed by atoms with Crippen LogP contribution in [0.5, 0.6) is 5.75 Å². The monoisotopic (exact) mass is 246 g/mol. The quantitative estimate of drug-likeness (QED) is 0.880. The number of aromatic nitrogens is 1. The fourth-order valence-corrected chi connectivity index (χ4v) is 1.66. The standard InChI is InChI=1S/C14H15FN2O/c1-16-8-12-5-13(15)7-14(6-12)18-10-11-3-2-4-17-9-11/h2-7,9,16H,8,10H2,1H3. The maximum absolute atomic E-state index is 13.4. The summed E-state index contributed by atoms with van der Waals surface area (Å²) >= 11 is 0. The fourth-order valence-electron chi connectivity index (χ4n) is 1.66. The summed E-state index contributed by atoms with van der Waals surface area (Å²) in [5.74, 6) is 0.244. The summed E-state index contributed by atoms with van der Waals surface area (Å²) in [6.07, 6.45) is 3.44. The maximum Gasteiger partial charge on any atom is 0.127 e. The topological polar surface area (TPSA) is 34.1 Å². The minimum absolute atomic E-state index is 0.288. The van der Waals surface area contributed by atoms with Crippen molar-refractivity contribution in [2.45, 2.75) is 13.2 Å². The van der Waals surface area contributed by atoms with E-state index in [-0.39, 0.29) is 5.82 Å². The molecule has 1 aromatic heterocycles. The molecule has 0 saturated heterocycles. The van der Waals surface area contributed by atoms with Crippen LogP contribution in [0.4, 0.5) is 4.39 Å². The molecule has 1 heterocycles. The Morgan fingerprint density at radius 3 is 2.89 bits per heavy atom. The van der Waals surface area contributed by atoms with Gasteiger partial charge in [-0.2, -0.15) is 0 Å². The normalized spacial score (nSPS) is 10.3. The van der Waals surface area contributed by atoms with Gasteiger partial charge >= 0.3 is 0 Å². The largest absolute Gasteiger partial charge is 0.489 e. The van der Waals surface area contributed by atoms with Crippen molar-refractivity contribution in [2.75, 3.05) is 7.05 Å². The van der Waals surface area contributed by atoms with Crippen LogP contribution >= 0.6 is 0 Å². The van der Waals surface area contributed by atoms with Gasteiger partial charge in [0.1, 0.15) is 18.2 Å². The molecule has 0 radical (unpaired) electrons. The Bertz CT molecular complexity index is 502. The highest BCUT2D eigenvalue weighted by molar-refractivity contribution is 5.29. The first kappa shape index (κ1) is 12.5. The maximum atomic E-state index is 13.4. The van der Waals surface area contributed by atoms with E-state index in [2.05, 4.69) is 10.3 Å². The molecule has 94 valence electrons. The zero-order valence-corrected chi connectivity index (χ0v) is 10.2. The van der Waals surface area contributed by atoms with Gasteiger partial charge in [-0.1, -0.05) is 6.07 Å². The number of nitrogens with one attached hydrogen (secondary N) is 1. The highest BCUT2D eigenvalue weighted by Crippen LogP contribution is 2.17. The molecule has 0 spiro atoms. The number of halogens is 1. The van der Waals surface area contributed by atoms with Gasteiger partial charge in [-0.05, 0) is 30.8 Å². The van der Waals surface area contributed by atoms with Gasteiger partial charge in [-0.15, -0.1) is 0 Å². The minimum Gasteiger partial charge on any atom is -0.489 e. The van der Waals surface area contributed by atoms with E-state index in [0.717, 1.165) is 11.1 Å². The van der Waals surface area contributed by atoms with Crippen LogP contribution < -0.4 is 10.1 Å². The molecule has 1 aromatic carbocycles. The molecule has 0 amide bonds. The van der Waals surface area contributed by atoms with Crippen LogP contribution in [0.2, 0.25) is 0 Å². The van der Waals surface area contributed by atoms with Crippen molar-refractivity contribution in [2.24, 2.45) is 0 Å². The summed E-state index contributed by atoms with van der Waals surface area (Å²) < 4.78 is 18.9. The van der Waals surface area contributed by atoms with E-state index in [1.54, 1.807) is 12.4 Å². The first-order valence-electron chi connectivity index (χ1n) is 5.73. The summed E-state index contributed by atoms with van der Waals surface area (Å²) in [6, 6.07) is 8.47. The minimum atomic E-state index is -0.288. The van der Waals surface area contributed by atoms with Crippen molar-refractivity contribution < 1.29 is 9.13 Å². The fraction of sp³-hybridized carbons (Fsp3) is 0.214. The number of hydrogen-bond acceptors (Lipinski definition) is 3. The second-order valence-corrected chi connectivity index (χ2v) is 3.98. The van der Waals surface area contributed by atoms with Gasteiger partial charge < -0.3 is 10.1 Å². The predicted molar refractivity (Wildman–Crippen MR) is 67.7 cm³/mol. The summed E-state index contributed by atoms with van der Waals surface area (Å²) in [4.78, 5) is 4.00. The third kappa shape index (κ3) is 3.53. The third-order valence-electron chi connectivity index (χ3n) is 2.44. The molecular weight excluding hydrogens is 231 g/mol. The van der Waals surface area contributed by atoms with E-state index in [1.807, 2.05) is 25.2 Å². The molecule has 3 nitrogen and oxygen atoms in total. The van der Waals surface area contributed by atoms with Gasteiger partial charge in [0.15, 0.2) is 0 Å². The Kier molecular flexibility index (Phi) is 4.25. The van der Waals surface area contributed by atoms with Gasteiger partial charge in [-0.3, -0.25) is 4.98 Å². The molecule has 0 unspecified atom stereocenters. The lowest BCUT2D eigenvalue weighted by atomic mass is 10.2. The van der Waals surface area contributed by atoms with E-state index < -0.39 is 0 Å². The predicted octanol–water partition coefficient (Wildman–Crippen LogP) is 2.52. The highest BCUT2D eigenvalue weighted by Gasteiger charge is 2.02. The molecule has 0 fully saturated rings. The number of benzene rings is 1. The van der Waals surface area contributed by atoms with Crippen LogP contribution in [-0.2, 0) is 13.2 Å². The van der Waals surface area contributed by atoms with Gasteiger partial charge in [0.05, 0.1) is 0 Å². The second-order valence-electron chi connectivity index (χ2n) is 3.98. The van der Waals surface area contributed by atoms with Crippen molar-refractivity contribution in [3.63, 3.8) is 0 Å². The molecule has 2 aromatic rings. The lowest BCUT2D eigenvalue weighted by Crippen LogP contribution is -2.06. The summed E-state index contributed by atoms with van der Waals surface area (Å²) in [6.45, 7) is 0.997. The van der Waals surface area contributed by atoms with E-state index >= 15 is 0 Å². The van der Waals surface area contributed by atoms with Crippen LogP contribution in [0.1, 0.15) is 11.1 Å². The number of pyridine rings is 1. The smallest absolute Gasteiger partial charge is 0.127 e. The van der Waals surface area contributed by atoms with E-state index in [1.165, 1.54) is 12.1 Å². The van der Waals surface area contributed by atoms with Gasteiger partial charge in [0.25, 0.3) is 0 Å². The first-order chi connectivity index (χ1) is 8.78. The zero-order valence-electron chi connectivity index (χ0n) is 10.2. The van der Waals surface area contributed by atoms with Crippen molar-refractivity contribution >= 4 is 0 Å². The Balaban J connectivity index is 2.05. The third-order valence-corrected chi connectivity index (χ3v) is 2.44. The zero-order chi connectivity index (χ0) is 12.8. The molecule has 18 heavy (non-hydrogen) atoms. The molecule has 0 aliphatic rings. The van der Waals surface area contributed by atoms with Crippen LogP contribution in [-0.4, -0.2) is 12.0 Å². The molecule has 2 rings (SSSR count). The molecule has 0 aliphatic heterocycles. The molecular formula is C14H15FN2O. The van der Waals surface area contributed by atoms with Crippen LogP contribution in [0.25, 0.3) is 0 Å². The summed E-state index contributed by atoms with van der Waals surface area (Å²) in [5.41, 5.74) is 1.82. The lowest BCUT2D eigenvalue weighted by molar-refractivity contribution is 0.303. The SMILES string of the molecule is CNCc1cc(F)cc(OCc2cccnc2)c1. The molecule has 1 N–H and O–H groups in total. The number of ether oxygens (including phenoxy) is 1. The molecule has 0 atom stereocenters. The molecule has 4 heteroatoms. The lowest BCUT2D eigenvalue weighted by Gasteiger charge is -2.08. The molecule has 0 aliphatic carbocycles. The Morgan fingerprint density at radius 1 is 1.28 bits per heavy atom. The van der Waals surface area contributed by atoms with Gasteiger partial charge in [0, 0.05) is 30.6 Å². The van der Waals surface area contributed by atoms with Gasteiger partial charge in [0.2, 0.25) is 0 Å². The van der Waals surface area contributed by atoms with Crippen LogP contribution in [0.15, 0.2) is 42.7 Å². The van der Waals surface area contributed by atoms with Crippen molar-refractivity contribution in [1.29, 1.82) is 0 Å². The van der Waals surface area contributed by atoms with Crippen molar-refractivity contribution in [3.05, 3.63) is 59.7 Å².